The van der Waals surface area contributed by atoms with Crippen LogP contribution >= 0.6 is 0 Å². The third kappa shape index (κ3) is 7.97. The molecule has 170 valence electrons. The number of carbonyl (C=O) groups is 1. The van der Waals surface area contributed by atoms with Gasteiger partial charge in [0.05, 0.1) is 18.1 Å². The average molecular weight is 449 g/mol. The number of nitrogens with one attached hydrogen (secondary N) is 2. The summed E-state index contributed by atoms with van der Waals surface area (Å²) in [6, 6.07) is 13.0. The molecule has 0 aliphatic carbocycles. The van der Waals surface area contributed by atoms with Gasteiger partial charge in [-0.1, -0.05) is 30.3 Å². The molecule has 2 N–H and O–H groups in total. The zero-order valence-electron chi connectivity index (χ0n) is 18.6. The van der Waals surface area contributed by atoms with E-state index in [1.807, 2.05) is 44.2 Å². The normalized spacial score (nSPS) is 12.5. The van der Waals surface area contributed by atoms with Crippen LogP contribution in [0.15, 0.2) is 53.4 Å². The van der Waals surface area contributed by atoms with E-state index in [1.54, 1.807) is 13.0 Å². The number of hydrogen-bond donors (Lipinski definition) is 2. The van der Waals surface area contributed by atoms with E-state index < -0.39 is 16.1 Å². The van der Waals surface area contributed by atoms with Gasteiger partial charge in [-0.25, -0.2) is 8.42 Å². The lowest BCUT2D eigenvalue weighted by Crippen LogP contribution is -2.48. The number of methoxy groups -OCH3 is 1. The number of carbonyl (C=O) groups excluding carboxylic acids is 1. The van der Waals surface area contributed by atoms with Crippen molar-refractivity contribution in [1.82, 2.24) is 10.0 Å². The maximum atomic E-state index is 13.0. The summed E-state index contributed by atoms with van der Waals surface area (Å²) in [7, 11) is -2.38. The Morgan fingerprint density at radius 2 is 1.81 bits per heavy atom. The first kappa shape index (κ1) is 24.8. The van der Waals surface area contributed by atoms with Crippen LogP contribution in [0, 0.1) is 6.92 Å². The van der Waals surface area contributed by atoms with Crippen molar-refractivity contribution in [3.63, 3.8) is 0 Å². The molecule has 8 heteroatoms. The Kier molecular flexibility index (Phi) is 9.48. The number of aryl methyl sites for hydroxylation is 1. The first-order valence-electron chi connectivity index (χ1n) is 10.3. The molecule has 0 aliphatic heterocycles. The zero-order chi connectivity index (χ0) is 22.9. The van der Waals surface area contributed by atoms with E-state index in [-0.39, 0.29) is 23.3 Å². The monoisotopic (exact) mass is 448 g/mol. The van der Waals surface area contributed by atoms with E-state index >= 15 is 0 Å². The number of sulfonamides is 1. The Balaban J connectivity index is 2.13. The van der Waals surface area contributed by atoms with Crippen molar-refractivity contribution in [2.45, 2.75) is 50.7 Å². The van der Waals surface area contributed by atoms with Gasteiger partial charge in [0.15, 0.2) is 0 Å². The standard InChI is InChI=1S/C23H32N2O5S/c1-17(2)30-14-8-13-24-23(26)21(16-19-9-6-5-7-10-19)25-31(27,28)20-11-12-22(29-4)18(3)15-20/h5-7,9-12,15,17,21,25H,8,13-14,16H2,1-4H3,(H,24,26)/t21-/m0/s1. The van der Waals surface area contributed by atoms with E-state index in [2.05, 4.69) is 10.0 Å². The third-order valence-electron chi connectivity index (χ3n) is 4.64. The molecule has 0 aromatic heterocycles. The minimum Gasteiger partial charge on any atom is -0.496 e. The molecule has 0 saturated carbocycles. The molecule has 0 saturated heterocycles. The van der Waals surface area contributed by atoms with Gasteiger partial charge >= 0.3 is 0 Å². The lowest BCUT2D eigenvalue weighted by atomic mass is 10.1. The Labute approximate surface area is 185 Å². The van der Waals surface area contributed by atoms with Crippen LogP contribution in [0.2, 0.25) is 0 Å². The van der Waals surface area contributed by atoms with Crippen molar-refractivity contribution in [3.8, 4) is 5.75 Å². The largest absolute Gasteiger partial charge is 0.496 e. The summed E-state index contributed by atoms with van der Waals surface area (Å²) in [5.74, 6) is 0.225. The minimum atomic E-state index is -3.91. The van der Waals surface area contributed by atoms with Crippen LogP contribution < -0.4 is 14.8 Å². The lowest BCUT2D eigenvalue weighted by Gasteiger charge is -2.19. The van der Waals surface area contributed by atoms with E-state index in [0.717, 1.165) is 5.56 Å². The number of rotatable bonds is 12. The quantitative estimate of drug-likeness (QED) is 0.487. The molecule has 0 aliphatic rings. The first-order chi connectivity index (χ1) is 14.7. The van der Waals surface area contributed by atoms with Crippen LogP contribution in [-0.4, -0.2) is 46.7 Å². The van der Waals surface area contributed by atoms with Gasteiger partial charge in [-0.3, -0.25) is 4.79 Å². The Hall–Kier alpha value is -2.42. The second kappa shape index (κ2) is 11.8. The highest BCUT2D eigenvalue weighted by molar-refractivity contribution is 7.89. The molecule has 0 unspecified atom stereocenters. The van der Waals surface area contributed by atoms with Crippen molar-refractivity contribution in [3.05, 3.63) is 59.7 Å². The predicted molar refractivity (Wildman–Crippen MR) is 121 cm³/mol. The molecule has 2 aromatic carbocycles. The predicted octanol–water partition coefficient (Wildman–Crippen LogP) is 2.82. The molecule has 2 rings (SSSR count). The van der Waals surface area contributed by atoms with Crippen molar-refractivity contribution in [2.24, 2.45) is 0 Å². The van der Waals surface area contributed by atoms with Gasteiger partial charge in [-0.15, -0.1) is 0 Å². The lowest BCUT2D eigenvalue weighted by molar-refractivity contribution is -0.122. The van der Waals surface area contributed by atoms with Crippen molar-refractivity contribution in [1.29, 1.82) is 0 Å². The molecular weight excluding hydrogens is 416 g/mol. The molecule has 0 radical (unpaired) electrons. The molecule has 7 nitrogen and oxygen atoms in total. The first-order valence-corrected chi connectivity index (χ1v) is 11.8. The van der Waals surface area contributed by atoms with E-state index in [1.165, 1.54) is 19.2 Å². The van der Waals surface area contributed by atoms with Crippen molar-refractivity contribution < 1.29 is 22.7 Å². The summed E-state index contributed by atoms with van der Waals surface area (Å²) in [6.45, 7) is 6.60. The fraction of sp³-hybridized carbons (Fsp3) is 0.435. The molecule has 0 heterocycles. The second-order valence-electron chi connectivity index (χ2n) is 7.56. The second-order valence-corrected chi connectivity index (χ2v) is 9.27. The summed E-state index contributed by atoms with van der Waals surface area (Å²) in [5, 5.41) is 2.81. The van der Waals surface area contributed by atoms with Crippen LogP contribution in [0.3, 0.4) is 0 Å². The zero-order valence-corrected chi connectivity index (χ0v) is 19.4. The maximum absolute atomic E-state index is 13.0. The van der Waals surface area contributed by atoms with Gasteiger partial charge in [0.2, 0.25) is 15.9 Å². The molecule has 31 heavy (non-hydrogen) atoms. The highest BCUT2D eigenvalue weighted by Crippen LogP contribution is 2.21. The van der Waals surface area contributed by atoms with Gasteiger partial charge in [0.25, 0.3) is 0 Å². The molecule has 0 spiro atoms. The van der Waals surface area contributed by atoms with Crippen LogP contribution in [0.5, 0.6) is 5.75 Å². The maximum Gasteiger partial charge on any atom is 0.241 e. The van der Waals surface area contributed by atoms with Gasteiger partial charge in [-0.2, -0.15) is 4.72 Å². The summed E-state index contributed by atoms with van der Waals surface area (Å²) < 4.78 is 39.2. The molecule has 1 atom stereocenters. The van der Waals surface area contributed by atoms with E-state index in [0.29, 0.717) is 30.9 Å². The van der Waals surface area contributed by atoms with Crippen LogP contribution in [0.25, 0.3) is 0 Å². The fourth-order valence-corrected chi connectivity index (χ4v) is 4.32. The summed E-state index contributed by atoms with van der Waals surface area (Å²) in [6.07, 6.45) is 1.01. The van der Waals surface area contributed by atoms with Crippen LogP contribution in [-0.2, 0) is 26.0 Å². The van der Waals surface area contributed by atoms with Gasteiger partial charge in [0, 0.05) is 13.2 Å². The van der Waals surface area contributed by atoms with Gasteiger partial charge in [-0.05, 0) is 62.9 Å². The number of amides is 1. The average Bonchev–Trinajstić information content (AvgIpc) is 2.73. The third-order valence-corrected chi connectivity index (χ3v) is 6.11. The minimum absolute atomic E-state index is 0.0852. The molecule has 0 fully saturated rings. The fourth-order valence-electron chi connectivity index (χ4n) is 3.04. The number of ether oxygens (including phenoxy) is 2. The highest BCUT2D eigenvalue weighted by atomic mass is 32.2. The van der Waals surface area contributed by atoms with Crippen LogP contribution in [0.1, 0.15) is 31.4 Å². The summed E-state index contributed by atoms with van der Waals surface area (Å²) in [4.78, 5) is 12.9. The van der Waals surface area contributed by atoms with Gasteiger partial charge < -0.3 is 14.8 Å². The SMILES string of the molecule is COc1ccc(S(=O)(=O)N[C@@H](Cc2ccccc2)C(=O)NCCCOC(C)C)cc1C. The Morgan fingerprint density at radius 1 is 1.10 bits per heavy atom. The van der Waals surface area contributed by atoms with Gasteiger partial charge in [0.1, 0.15) is 11.8 Å². The molecule has 0 bridgehead atoms. The Bertz CT molecular complexity index is 946. The van der Waals surface area contributed by atoms with Crippen molar-refractivity contribution in [2.75, 3.05) is 20.3 Å². The summed E-state index contributed by atoms with van der Waals surface area (Å²) >= 11 is 0. The molecule has 1 amide bonds. The topological polar surface area (TPSA) is 93.7 Å². The Morgan fingerprint density at radius 3 is 2.42 bits per heavy atom. The summed E-state index contributed by atoms with van der Waals surface area (Å²) in [5.41, 5.74) is 1.55. The molecule has 2 aromatic rings. The number of benzene rings is 2. The van der Waals surface area contributed by atoms with Crippen LogP contribution in [0.4, 0.5) is 0 Å². The smallest absolute Gasteiger partial charge is 0.241 e. The number of hydrogen-bond acceptors (Lipinski definition) is 5. The van der Waals surface area contributed by atoms with E-state index in [4.69, 9.17) is 9.47 Å². The molecular formula is C23H32N2O5S. The highest BCUT2D eigenvalue weighted by Gasteiger charge is 2.26. The van der Waals surface area contributed by atoms with E-state index in [9.17, 15) is 13.2 Å². The van der Waals surface area contributed by atoms with Crippen molar-refractivity contribution >= 4 is 15.9 Å².